The van der Waals surface area contributed by atoms with Crippen molar-refractivity contribution in [1.29, 1.82) is 0 Å². The van der Waals surface area contributed by atoms with E-state index in [2.05, 4.69) is 6.58 Å². The van der Waals surface area contributed by atoms with Crippen molar-refractivity contribution < 1.29 is 9.84 Å². The van der Waals surface area contributed by atoms with Crippen molar-refractivity contribution in [3.63, 3.8) is 0 Å². The van der Waals surface area contributed by atoms with Crippen molar-refractivity contribution in [2.75, 3.05) is 0 Å². The molecular weight excluding hydrogens is 200 g/mol. The molecule has 2 heteroatoms. The highest BCUT2D eigenvalue weighted by atomic mass is 16.5. The third-order valence-corrected chi connectivity index (χ3v) is 2.75. The van der Waals surface area contributed by atoms with Crippen LogP contribution in [0.4, 0.5) is 0 Å². The first-order valence-corrected chi connectivity index (χ1v) is 5.61. The van der Waals surface area contributed by atoms with Gasteiger partial charge in [-0.2, -0.15) is 0 Å². The van der Waals surface area contributed by atoms with E-state index in [1.807, 2.05) is 44.2 Å². The topological polar surface area (TPSA) is 29.5 Å². The van der Waals surface area contributed by atoms with Crippen LogP contribution in [0, 0.1) is 5.92 Å². The normalized spacial score (nSPS) is 16.4. The van der Waals surface area contributed by atoms with E-state index in [-0.39, 0.29) is 12.0 Å². The minimum atomic E-state index is -0.499. The summed E-state index contributed by atoms with van der Waals surface area (Å²) in [5.41, 5.74) is 1.12. The maximum atomic E-state index is 9.87. The van der Waals surface area contributed by atoms with Gasteiger partial charge in [0.05, 0.1) is 18.8 Å². The maximum Gasteiger partial charge on any atom is 0.0858 e. The van der Waals surface area contributed by atoms with Crippen LogP contribution in [0.15, 0.2) is 43.0 Å². The Labute approximate surface area is 97.6 Å². The summed E-state index contributed by atoms with van der Waals surface area (Å²) in [7, 11) is 0. The zero-order valence-electron chi connectivity index (χ0n) is 9.97. The fraction of sp³-hybridized carbons (Fsp3) is 0.429. The van der Waals surface area contributed by atoms with Crippen molar-refractivity contribution in [1.82, 2.24) is 0 Å². The van der Waals surface area contributed by atoms with Crippen LogP contribution < -0.4 is 0 Å². The van der Waals surface area contributed by atoms with Gasteiger partial charge in [0.25, 0.3) is 0 Å². The summed E-state index contributed by atoms with van der Waals surface area (Å²) in [6, 6.07) is 9.95. The lowest BCUT2D eigenvalue weighted by atomic mass is 10.0. The number of rotatable bonds is 6. The van der Waals surface area contributed by atoms with Gasteiger partial charge in [-0.3, -0.25) is 0 Å². The van der Waals surface area contributed by atoms with E-state index in [0.29, 0.717) is 6.61 Å². The Kier molecular flexibility index (Phi) is 5.23. The molecule has 0 aliphatic rings. The van der Waals surface area contributed by atoms with Gasteiger partial charge in [0.1, 0.15) is 0 Å². The summed E-state index contributed by atoms with van der Waals surface area (Å²) >= 11 is 0. The Bertz CT molecular complexity index is 308. The van der Waals surface area contributed by atoms with Crippen molar-refractivity contribution in [3.8, 4) is 0 Å². The van der Waals surface area contributed by atoms with Gasteiger partial charge in [0.2, 0.25) is 0 Å². The van der Waals surface area contributed by atoms with Crippen LogP contribution >= 0.6 is 0 Å². The number of hydrogen-bond donors (Lipinski definition) is 1. The molecule has 0 aliphatic heterocycles. The molecule has 0 spiro atoms. The van der Waals surface area contributed by atoms with Gasteiger partial charge < -0.3 is 9.84 Å². The minimum absolute atomic E-state index is 0.0470. The Morgan fingerprint density at radius 2 is 1.94 bits per heavy atom. The molecule has 1 N–H and O–H groups in total. The Morgan fingerprint density at radius 3 is 2.50 bits per heavy atom. The number of ether oxygens (including phenoxy) is 1. The molecule has 0 heterocycles. The molecule has 0 aromatic heterocycles. The number of aliphatic hydroxyl groups is 1. The highest BCUT2D eigenvalue weighted by Crippen LogP contribution is 2.12. The lowest BCUT2D eigenvalue weighted by Crippen LogP contribution is -2.31. The predicted octanol–water partition coefficient (Wildman–Crippen LogP) is 2.77. The van der Waals surface area contributed by atoms with Crippen LogP contribution in [0.2, 0.25) is 0 Å². The van der Waals surface area contributed by atoms with Crippen molar-refractivity contribution in [2.45, 2.75) is 32.7 Å². The SMILES string of the molecule is C=C[C@H](C)[C@H](O)[C@H](C)OCc1ccccc1. The molecule has 1 aromatic rings. The van der Waals surface area contributed by atoms with Crippen LogP contribution in [0.3, 0.4) is 0 Å². The third-order valence-electron chi connectivity index (χ3n) is 2.75. The molecule has 88 valence electrons. The van der Waals surface area contributed by atoms with E-state index in [1.54, 1.807) is 6.08 Å². The van der Waals surface area contributed by atoms with Crippen molar-refractivity contribution in [2.24, 2.45) is 5.92 Å². The number of hydrogen-bond acceptors (Lipinski definition) is 2. The molecule has 0 saturated heterocycles. The molecule has 1 aromatic carbocycles. The monoisotopic (exact) mass is 220 g/mol. The molecule has 0 saturated carbocycles. The Hall–Kier alpha value is -1.12. The lowest BCUT2D eigenvalue weighted by Gasteiger charge is -2.22. The van der Waals surface area contributed by atoms with E-state index in [1.165, 1.54) is 0 Å². The van der Waals surface area contributed by atoms with E-state index in [4.69, 9.17) is 4.74 Å². The van der Waals surface area contributed by atoms with Crippen molar-refractivity contribution in [3.05, 3.63) is 48.6 Å². The van der Waals surface area contributed by atoms with E-state index in [9.17, 15) is 5.11 Å². The summed E-state index contributed by atoms with van der Waals surface area (Å²) in [5.74, 6) is 0.0470. The first-order valence-electron chi connectivity index (χ1n) is 5.61. The molecule has 0 bridgehead atoms. The summed E-state index contributed by atoms with van der Waals surface area (Å²) in [6.07, 6.45) is 1.06. The molecule has 16 heavy (non-hydrogen) atoms. The van der Waals surface area contributed by atoms with E-state index in [0.717, 1.165) is 5.56 Å². The highest BCUT2D eigenvalue weighted by Gasteiger charge is 2.19. The van der Waals surface area contributed by atoms with Gasteiger partial charge >= 0.3 is 0 Å². The number of benzene rings is 1. The minimum Gasteiger partial charge on any atom is -0.390 e. The largest absolute Gasteiger partial charge is 0.390 e. The fourth-order valence-electron chi connectivity index (χ4n) is 1.47. The second kappa shape index (κ2) is 6.46. The van der Waals surface area contributed by atoms with Crippen LogP contribution in [0.1, 0.15) is 19.4 Å². The summed E-state index contributed by atoms with van der Waals surface area (Å²) in [5, 5.41) is 9.87. The molecule has 0 aliphatic carbocycles. The standard InChI is InChI=1S/C14H20O2/c1-4-11(2)14(15)12(3)16-10-13-8-6-5-7-9-13/h4-9,11-12,14-15H,1,10H2,2-3H3/t11-,12-,14-/m0/s1. The predicted molar refractivity (Wildman–Crippen MR) is 66.1 cm³/mol. The summed E-state index contributed by atoms with van der Waals surface area (Å²) in [6.45, 7) is 8.01. The van der Waals surface area contributed by atoms with Gasteiger partial charge in [-0.15, -0.1) is 6.58 Å². The number of aliphatic hydroxyl groups excluding tert-OH is 1. The average molecular weight is 220 g/mol. The lowest BCUT2D eigenvalue weighted by molar-refractivity contribution is -0.0487. The molecular formula is C14H20O2. The second-order valence-electron chi connectivity index (χ2n) is 4.09. The molecule has 0 fully saturated rings. The van der Waals surface area contributed by atoms with Gasteiger partial charge in [-0.05, 0) is 12.5 Å². The first-order chi connectivity index (χ1) is 7.65. The van der Waals surface area contributed by atoms with Crippen LogP contribution in [0.25, 0.3) is 0 Å². The van der Waals surface area contributed by atoms with Gasteiger partial charge in [-0.1, -0.05) is 43.3 Å². The molecule has 0 radical (unpaired) electrons. The smallest absolute Gasteiger partial charge is 0.0858 e. The second-order valence-corrected chi connectivity index (χ2v) is 4.09. The zero-order chi connectivity index (χ0) is 12.0. The van der Waals surface area contributed by atoms with Gasteiger partial charge in [0, 0.05) is 5.92 Å². The molecule has 0 unspecified atom stereocenters. The molecule has 0 amide bonds. The van der Waals surface area contributed by atoms with Crippen molar-refractivity contribution >= 4 is 0 Å². The van der Waals surface area contributed by atoms with E-state index < -0.39 is 6.10 Å². The highest BCUT2D eigenvalue weighted by molar-refractivity contribution is 5.13. The van der Waals surface area contributed by atoms with Gasteiger partial charge in [-0.25, -0.2) is 0 Å². The maximum absolute atomic E-state index is 9.87. The van der Waals surface area contributed by atoms with E-state index >= 15 is 0 Å². The van der Waals surface area contributed by atoms with Crippen LogP contribution in [0.5, 0.6) is 0 Å². The molecule has 1 rings (SSSR count). The fourth-order valence-corrected chi connectivity index (χ4v) is 1.47. The molecule has 2 nitrogen and oxygen atoms in total. The quantitative estimate of drug-likeness (QED) is 0.747. The van der Waals surface area contributed by atoms with Crippen LogP contribution in [-0.4, -0.2) is 17.3 Å². The third kappa shape index (κ3) is 3.80. The van der Waals surface area contributed by atoms with Gasteiger partial charge in [0.15, 0.2) is 0 Å². The summed E-state index contributed by atoms with van der Waals surface area (Å²) in [4.78, 5) is 0. The Balaban J connectivity index is 2.40. The average Bonchev–Trinajstić information content (AvgIpc) is 2.35. The zero-order valence-corrected chi connectivity index (χ0v) is 9.97. The van der Waals surface area contributed by atoms with Crippen LogP contribution in [-0.2, 0) is 11.3 Å². The summed E-state index contributed by atoms with van der Waals surface area (Å²) < 4.78 is 5.62. The first kappa shape index (κ1) is 12.9. The molecule has 3 atom stereocenters. The Morgan fingerprint density at radius 1 is 1.31 bits per heavy atom.